The van der Waals surface area contributed by atoms with Crippen LogP contribution in [-0.4, -0.2) is 15.0 Å². The first-order chi connectivity index (χ1) is 7.84. The van der Waals surface area contributed by atoms with Crippen molar-refractivity contribution in [3.8, 4) is 11.3 Å². The Labute approximate surface area is 93.6 Å². The molecule has 80 valence electrons. The molecule has 1 aliphatic carbocycles. The fourth-order valence-electron chi connectivity index (χ4n) is 2.14. The quantitative estimate of drug-likeness (QED) is 0.720. The Bertz CT molecular complexity index is 536. The van der Waals surface area contributed by atoms with Crippen molar-refractivity contribution in [3.05, 3.63) is 35.9 Å². The number of rotatable bonds is 0. The molecule has 0 fully saturated rings. The van der Waals surface area contributed by atoms with E-state index in [9.17, 15) is 0 Å². The summed E-state index contributed by atoms with van der Waals surface area (Å²) < 4.78 is 0. The lowest BCUT2D eigenvalue weighted by Crippen LogP contribution is -2.00. The van der Waals surface area contributed by atoms with E-state index in [1.165, 1.54) is 5.56 Å². The molecule has 16 heavy (non-hydrogen) atoms. The van der Waals surface area contributed by atoms with Gasteiger partial charge in [-0.3, -0.25) is 9.97 Å². The van der Waals surface area contributed by atoms with E-state index in [0.29, 0.717) is 5.82 Å². The minimum atomic E-state index is 0.492. The van der Waals surface area contributed by atoms with Gasteiger partial charge in [0.2, 0.25) is 0 Å². The Balaban J connectivity index is 2.25. The van der Waals surface area contributed by atoms with Gasteiger partial charge in [-0.05, 0) is 30.9 Å². The molecule has 0 aromatic carbocycles. The van der Waals surface area contributed by atoms with Crippen LogP contribution in [0.5, 0.6) is 0 Å². The van der Waals surface area contributed by atoms with Crippen LogP contribution in [-0.2, 0) is 12.8 Å². The normalized spacial score (nSPS) is 13.8. The highest BCUT2D eigenvalue weighted by Gasteiger charge is 2.16. The molecule has 4 heteroatoms. The number of nitrogens with two attached hydrogens (primary N) is 1. The maximum absolute atomic E-state index is 5.66. The number of nitrogen functional groups attached to an aromatic ring is 1. The maximum atomic E-state index is 5.66. The van der Waals surface area contributed by atoms with Crippen molar-refractivity contribution in [1.29, 1.82) is 0 Å². The standard InChI is InChI=1S/C12H12N4/c13-11-7-15-12-9-6-14-5-4-8(9)2-1-3-10(12)16-11/h4-7H,1-3H2,(H2,13,16). The Kier molecular flexibility index (Phi) is 2.06. The molecule has 0 atom stereocenters. The fourth-order valence-corrected chi connectivity index (χ4v) is 2.14. The van der Waals surface area contributed by atoms with Crippen LogP contribution >= 0.6 is 0 Å². The Morgan fingerprint density at radius 1 is 1.19 bits per heavy atom. The minimum Gasteiger partial charge on any atom is -0.382 e. The molecule has 0 unspecified atom stereocenters. The van der Waals surface area contributed by atoms with E-state index in [4.69, 9.17) is 5.73 Å². The Morgan fingerprint density at radius 3 is 3.06 bits per heavy atom. The van der Waals surface area contributed by atoms with Crippen molar-refractivity contribution in [2.45, 2.75) is 19.3 Å². The van der Waals surface area contributed by atoms with Gasteiger partial charge in [0.25, 0.3) is 0 Å². The summed E-state index contributed by atoms with van der Waals surface area (Å²) in [5.74, 6) is 0.492. The van der Waals surface area contributed by atoms with Gasteiger partial charge < -0.3 is 5.73 Å². The van der Waals surface area contributed by atoms with Gasteiger partial charge in [0.05, 0.1) is 17.6 Å². The SMILES string of the molecule is Nc1cnc2c(n1)CCCc1ccncc1-2. The largest absolute Gasteiger partial charge is 0.382 e. The summed E-state index contributed by atoms with van der Waals surface area (Å²) in [5, 5.41) is 0. The highest BCUT2D eigenvalue weighted by atomic mass is 14.9. The van der Waals surface area contributed by atoms with Crippen molar-refractivity contribution in [2.75, 3.05) is 5.73 Å². The fraction of sp³-hybridized carbons (Fsp3) is 0.250. The predicted molar refractivity (Wildman–Crippen MR) is 61.7 cm³/mol. The van der Waals surface area contributed by atoms with Crippen LogP contribution in [0, 0.1) is 0 Å². The highest BCUT2D eigenvalue weighted by Crippen LogP contribution is 2.29. The van der Waals surface area contributed by atoms with E-state index < -0.39 is 0 Å². The van der Waals surface area contributed by atoms with Crippen molar-refractivity contribution < 1.29 is 0 Å². The molecule has 3 rings (SSSR count). The van der Waals surface area contributed by atoms with E-state index in [-0.39, 0.29) is 0 Å². The summed E-state index contributed by atoms with van der Waals surface area (Å²) in [6, 6.07) is 2.06. The number of nitrogens with zero attached hydrogens (tertiary/aromatic N) is 3. The number of anilines is 1. The first-order valence-corrected chi connectivity index (χ1v) is 5.39. The number of fused-ring (bicyclic) bond motifs is 3. The van der Waals surface area contributed by atoms with Crippen LogP contribution < -0.4 is 5.73 Å². The number of pyridine rings is 1. The minimum absolute atomic E-state index is 0.492. The summed E-state index contributed by atoms with van der Waals surface area (Å²) in [5.41, 5.74) is 9.99. The molecule has 2 aromatic heterocycles. The van der Waals surface area contributed by atoms with Gasteiger partial charge in [0.1, 0.15) is 5.82 Å². The second-order valence-electron chi connectivity index (χ2n) is 3.98. The van der Waals surface area contributed by atoms with Crippen LogP contribution in [0.25, 0.3) is 11.3 Å². The molecule has 4 nitrogen and oxygen atoms in total. The smallest absolute Gasteiger partial charge is 0.142 e. The van der Waals surface area contributed by atoms with Crippen molar-refractivity contribution in [3.63, 3.8) is 0 Å². The number of aryl methyl sites for hydroxylation is 2. The zero-order valence-electron chi connectivity index (χ0n) is 8.85. The average molecular weight is 212 g/mol. The van der Waals surface area contributed by atoms with Crippen LogP contribution in [0.15, 0.2) is 24.7 Å². The Hall–Kier alpha value is -1.97. The zero-order chi connectivity index (χ0) is 11.0. The van der Waals surface area contributed by atoms with Crippen molar-refractivity contribution in [1.82, 2.24) is 15.0 Å². The summed E-state index contributed by atoms with van der Waals surface area (Å²) in [6.45, 7) is 0. The predicted octanol–water partition coefficient (Wildman–Crippen LogP) is 1.61. The number of hydrogen-bond acceptors (Lipinski definition) is 4. The molecule has 0 saturated carbocycles. The molecule has 0 spiro atoms. The van der Waals surface area contributed by atoms with Gasteiger partial charge in [-0.25, -0.2) is 4.98 Å². The average Bonchev–Trinajstić information content (AvgIpc) is 2.47. The first kappa shape index (κ1) is 9.27. The van der Waals surface area contributed by atoms with Crippen molar-refractivity contribution >= 4 is 5.82 Å². The molecular weight excluding hydrogens is 200 g/mol. The van der Waals surface area contributed by atoms with Crippen LogP contribution in [0.1, 0.15) is 17.7 Å². The van der Waals surface area contributed by atoms with Crippen molar-refractivity contribution in [2.24, 2.45) is 0 Å². The van der Waals surface area contributed by atoms with Gasteiger partial charge in [-0.15, -0.1) is 0 Å². The topological polar surface area (TPSA) is 64.7 Å². The number of hydrogen-bond donors (Lipinski definition) is 1. The van der Waals surface area contributed by atoms with Crippen LogP contribution in [0.2, 0.25) is 0 Å². The first-order valence-electron chi connectivity index (χ1n) is 5.39. The van der Waals surface area contributed by atoms with E-state index in [0.717, 1.165) is 36.2 Å². The molecule has 2 N–H and O–H groups in total. The summed E-state index contributed by atoms with van der Waals surface area (Å²) >= 11 is 0. The van der Waals surface area contributed by atoms with Gasteiger partial charge in [0.15, 0.2) is 0 Å². The van der Waals surface area contributed by atoms with E-state index in [2.05, 4.69) is 21.0 Å². The molecule has 0 radical (unpaired) electrons. The maximum Gasteiger partial charge on any atom is 0.142 e. The monoisotopic (exact) mass is 212 g/mol. The van der Waals surface area contributed by atoms with E-state index in [1.807, 2.05) is 12.4 Å². The third-order valence-corrected chi connectivity index (χ3v) is 2.89. The molecule has 1 aliphatic rings. The molecular formula is C12H12N4. The third-order valence-electron chi connectivity index (χ3n) is 2.89. The van der Waals surface area contributed by atoms with Gasteiger partial charge in [-0.1, -0.05) is 0 Å². The van der Waals surface area contributed by atoms with Gasteiger partial charge in [-0.2, -0.15) is 0 Å². The molecule has 0 amide bonds. The molecule has 0 saturated heterocycles. The van der Waals surface area contributed by atoms with Crippen LogP contribution in [0.3, 0.4) is 0 Å². The van der Waals surface area contributed by atoms with E-state index >= 15 is 0 Å². The summed E-state index contributed by atoms with van der Waals surface area (Å²) in [7, 11) is 0. The lowest BCUT2D eigenvalue weighted by Gasteiger charge is -2.06. The van der Waals surface area contributed by atoms with E-state index in [1.54, 1.807) is 6.20 Å². The van der Waals surface area contributed by atoms with Gasteiger partial charge >= 0.3 is 0 Å². The second-order valence-corrected chi connectivity index (χ2v) is 3.98. The lowest BCUT2D eigenvalue weighted by molar-refractivity contribution is 0.812. The molecule has 0 aliphatic heterocycles. The van der Waals surface area contributed by atoms with Gasteiger partial charge in [0, 0.05) is 18.0 Å². The highest BCUT2D eigenvalue weighted by molar-refractivity contribution is 5.66. The summed E-state index contributed by atoms with van der Waals surface area (Å²) in [4.78, 5) is 12.9. The third kappa shape index (κ3) is 1.43. The zero-order valence-corrected chi connectivity index (χ0v) is 8.85. The Morgan fingerprint density at radius 2 is 2.12 bits per heavy atom. The number of aromatic nitrogens is 3. The summed E-state index contributed by atoms with van der Waals surface area (Å²) in [6.07, 6.45) is 8.37. The van der Waals surface area contributed by atoms with Crippen LogP contribution in [0.4, 0.5) is 5.82 Å². The lowest BCUT2D eigenvalue weighted by atomic mass is 10.1. The molecule has 2 heterocycles. The molecule has 2 aromatic rings. The second kappa shape index (κ2) is 3.56. The molecule has 0 bridgehead atoms.